The maximum atomic E-state index is 12.9. The third-order valence-electron chi connectivity index (χ3n) is 6.06. The number of aromatic nitrogens is 2. The number of anilines is 1. The number of amides is 1. The molecule has 7 nitrogen and oxygen atoms in total. The number of halogens is 1. The molecule has 184 valence electrons. The van der Waals surface area contributed by atoms with E-state index in [0.717, 1.165) is 36.3 Å². The molecule has 0 unspecified atom stereocenters. The molecule has 0 bridgehead atoms. The molecule has 1 atom stereocenters. The van der Waals surface area contributed by atoms with Crippen molar-refractivity contribution in [3.05, 3.63) is 81.1 Å². The topological polar surface area (TPSA) is 76.5 Å². The van der Waals surface area contributed by atoms with Crippen molar-refractivity contribution in [3.8, 4) is 11.4 Å². The lowest BCUT2D eigenvalue weighted by Gasteiger charge is -2.33. The average Bonchev–Trinajstić information content (AvgIpc) is 2.85. The van der Waals surface area contributed by atoms with Gasteiger partial charge in [-0.2, -0.15) is 4.68 Å². The number of nitrogens with one attached hydrogen (secondary N) is 1. The highest BCUT2D eigenvalue weighted by Gasteiger charge is 2.27. The Bertz CT molecular complexity index is 1240. The Morgan fingerprint density at radius 2 is 1.94 bits per heavy atom. The lowest BCUT2D eigenvalue weighted by Crippen LogP contribution is -2.43. The Kier molecular flexibility index (Phi) is 7.76. The van der Waals surface area contributed by atoms with Crippen LogP contribution in [0.4, 0.5) is 5.82 Å². The van der Waals surface area contributed by atoms with E-state index in [1.54, 1.807) is 12.1 Å². The minimum atomic E-state index is -0.232. The zero-order valence-corrected chi connectivity index (χ0v) is 21.1. The third kappa shape index (κ3) is 6.22. The molecule has 35 heavy (non-hydrogen) atoms. The smallest absolute Gasteiger partial charge is 0.271 e. The molecule has 2 aromatic carbocycles. The van der Waals surface area contributed by atoms with Crippen molar-refractivity contribution in [2.45, 2.75) is 46.3 Å². The predicted molar refractivity (Wildman–Crippen MR) is 139 cm³/mol. The number of rotatable bonds is 7. The van der Waals surface area contributed by atoms with Gasteiger partial charge in [-0.05, 0) is 75.1 Å². The van der Waals surface area contributed by atoms with E-state index < -0.39 is 0 Å². The van der Waals surface area contributed by atoms with Gasteiger partial charge in [0, 0.05) is 30.7 Å². The first-order chi connectivity index (χ1) is 16.8. The highest BCUT2D eigenvalue weighted by Crippen LogP contribution is 2.23. The Hall–Kier alpha value is -3.32. The molecular formula is C27H31ClN4O3. The summed E-state index contributed by atoms with van der Waals surface area (Å²) in [7, 11) is 0. The van der Waals surface area contributed by atoms with Crippen LogP contribution < -0.4 is 20.5 Å². The van der Waals surface area contributed by atoms with Gasteiger partial charge in [0.25, 0.3) is 5.56 Å². The highest BCUT2D eigenvalue weighted by atomic mass is 35.5. The van der Waals surface area contributed by atoms with Gasteiger partial charge in [-0.1, -0.05) is 29.8 Å². The molecule has 1 saturated heterocycles. The number of nitrogens with zero attached hydrogens (tertiary/aromatic N) is 3. The molecule has 1 fully saturated rings. The van der Waals surface area contributed by atoms with E-state index in [2.05, 4.69) is 15.3 Å². The van der Waals surface area contributed by atoms with E-state index in [1.165, 1.54) is 10.7 Å². The number of ether oxygens (including phenoxy) is 1. The van der Waals surface area contributed by atoms with E-state index in [-0.39, 0.29) is 23.5 Å². The quantitative estimate of drug-likeness (QED) is 0.522. The molecule has 8 heteroatoms. The summed E-state index contributed by atoms with van der Waals surface area (Å²) >= 11 is 6.26. The molecule has 3 aromatic rings. The minimum absolute atomic E-state index is 0.0239. The molecule has 4 rings (SSSR count). The molecular weight excluding hydrogens is 464 g/mol. The number of benzene rings is 2. The molecule has 0 saturated carbocycles. The Morgan fingerprint density at radius 1 is 1.17 bits per heavy atom. The molecule has 2 heterocycles. The molecule has 1 N–H and O–H groups in total. The summed E-state index contributed by atoms with van der Waals surface area (Å²) in [6.45, 7) is 7.68. The number of carbonyl (C=O) groups is 1. The van der Waals surface area contributed by atoms with E-state index >= 15 is 0 Å². The summed E-state index contributed by atoms with van der Waals surface area (Å²) in [6.07, 6.45) is 1.81. The number of carbonyl (C=O) groups excluding carboxylic acids is 1. The molecule has 1 aromatic heterocycles. The summed E-state index contributed by atoms with van der Waals surface area (Å²) < 4.78 is 7.03. The van der Waals surface area contributed by atoms with E-state index in [9.17, 15) is 9.59 Å². The molecule has 0 radical (unpaired) electrons. The molecule has 1 aliphatic heterocycles. The fourth-order valence-corrected chi connectivity index (χ4v) is 4.33. The number of aryl methyl sites for hydroxylation is 1. The Balaban J connectivity index is 1.41. The highest BCUT2D eigenvalue weighted by molar-refractivity contribution is 6.31. The fourth-order valence-electron chi connectivity index (χ4n) is 4.16. The van der Waals surface area contributed by atoms with Crippen molar-refractivity contribution in [2.24, 2.45) is 5.92 Å². The van der Waals surface area contributed by atoms with Gasteiger partial charge in [-0.3, -0.25) is 9.59 Å². The first-order valence-corrected chi connectivity index (χ1v) is 12.3. The van der Waals surface area contributed by atoms with Gasteiger partial charge in [0.1, 0.15) is 11.6 Å². The van der Waals surface area contributed by atoms with Crippen molar-refractivity contribution in [3.63, 3.8) is 0 Å². The van der Waals surface area contributed by atoms with Gasteiger partial charge in [-0.25, -0.2) is 0 Å². The van der Waals surface area contributed by atoms with Crippen molar-refractivity contribution < 1.29 is 9.53 Å². The maximum absolute atomic E-state index is 12.9. The van der Waals surface area contributed by atoms with Crippen LogP contribution in [0.15, 0.2) is 59.4 Å². The van der Waals surface area contributed by atoms with Crippen molar-refractivity contribution in [2.75, 3.05) is 18.0 Å². The second-order valence-electron chi connectivity index (χ2n) is 9.19. The van der Waals surface area contributed by atoms with Crippen LogP contribution in [-0.4, -0.2) is 34.9 Å². The lowest BCUT2D eigenvalue weighted by molar-refractivity contribution is -0.125. The number of piperidine rings is 1. The van der Waals surface area contributed by atoms with Gasteiger partial charge in [0.05, 0.1) is 17.7 Å². The second-order valence-corrected chi connectivity index (χ2v) is 9.60. The lowest BCUT2D eigenvalue weighted by atomic mass is 9.97. The fraction of sp³-hybridized carbons (Fsp3) is 0.370. The van der Waals surface area contributed by atoms with E-state index in [1.807, 2.05) is 57.2 Å². The first-order valence-electron chi connectivity index (χ1n) is 12.0. The van der Waals surface area contributed by atoms with Gasteiger partial charge in [-0.15, -0.1) is 5.10 Å². The van der Waals surface area contributed by atoms with Crippen LogP contribution in [0.5, 0.6) is 5.75 Å². The Morgan fingerprint density at radius 3 is 2.66 bits per heavy atom. The summed E-state index contributed by atoms with van der Waals surface area (Å²) in [5.41, 5.74) is 2.34. The van der Waals surface area contributed by atoms with Gasteiger partial charge in [0.2, 0.25) is 5.91 Å². The van der Waals surface area contributed by atoms with Crippen LogP contribution in [0.25, 0.3) is 5.69 Å². The van der Waals surface area contributed by atoms with Gasteiger partial charge < -0.3 is 15.0 Å². The zero-order valence-electron chi connectivity index (χ0n) is 20.3. The zero-order chi connectivity index (χ0) is 24.9. The van der Waals surface area contributed by atoms with Crippen LogP contribution in [0.1, 0.15) is 37.8 Å². The monoisotopic (exact) mass is 494 g/mol. The van der Waals surface area contributed by atoms with Crippen LogP contribution >= 0.6 is 11.6 Å². The minimum Gasteiger partial charge on any atom is -0.491 e. The number of hydrogen-bond donors (Lipinski definition) is 1. The van der Waals surface area contributed by atoms with Crippen molar-refractivity contribution in [1.29, 1.82) is 0 Å². The van der Waals surface area contributed by atoms with Gasteiger partial charge in [0.15, 0.2) is 0 Å². The molecule has 0 aliphatic carbocycles. The summed E-state index contributed by atoms with van der Waals surface area (Å²) in [4.78, 5) is 27.5. The largest absolute Gasteiger partial charge is 0.491 e. The Labute approximate surface area is 210 Å². The van der Waals surface area contributed by atoms with Crippen molar-refractivity contribution in [1.82, 2.24) is 15.1 Å². The normalized spacial score (nSPS) is 15.8. The molecule has 0 spiro atoms. The standard InChI is InChI=1S/C27H31ClN4O3/c1-18(2)35-23-10-7-20(8-11-23)16-29-27(34)21-5-4-14-31(17-21)25-12-13-26(33)32(30-25)22-9-6-19(3)24(28)15-22/h6-13,15,18,21H,4-5,14,16-17H2,1-3H3,(H,29,34)/t21-/m1/s1. The van der Waals surface area contributed by atoms with Crippen LogP contribution in [0, 0.1) is 12.8 Å². The first kappa shape index (κ1) is 24.8. The summed E-state index contributed by atoms with van der Waals surface area (Å²) in [5.74, 6) is 1.36. The van der Waals surface area contributed by atoms with Crippen LogP contribution in [0.3, 0.4) is 0 Å². The summed E-state index contributed by atoms with van der Waals surface area (Å²) in [6, 6.07) is 16.4. The van der Waals surface area contributed by atoms with E-state index in [0.29, 0.717) is 29.6 Å². The van der Waals surface area contributed by atoms with Crippen molar-refractivity contribution >= 4 is 23.3 Å². The maximum Gasteiger partial charge on any atom is 0.271 e. The SMILES string of the molecule is Cc1ccc(-n2nc(N3CCC[C@@H](C(=O)NCc4ccc(OC(C)C)cc4)C3)ccc2=O)cc1Cl. The second kappa shape index (κ2) is 11.0. The molecule has 1 aliphatic rings. The van der Waals surface area contributed by atoms with E-state index in [4.69, 9.17) is 16.3 Å². The number of hydrogen-bond acceptors (Lipinski definition) is 5. The average molecular weight is 495 g/mol. The molecule has 1 amide bonds. The summed E-state index contributed by atoms with van der Waals surface area (Å²) in [5, 5.41) is 8.22. The van der Waals surface area contributed by atoms with Crippen LogP contribution in [0.2, 0.25) is 5.02 Å². The third-order valence-corrected chi connectivity index (χ3v) is 6.47. The van der Waals surface area contributed by atoms with Crippen LogP contribution in [-0.2, 0) is 11.3 Å². The van der Waals surface area contributed by atoms with Gasteiger partial charge >= 0.3 is 0 Å². The predicted octanol–water partition coefficient (Wildman–Crippen LogP) is 4.51.